The van der Waals surface area contributed by atoms with Gasteiger partial charge in [0.1, 0.15) is 17.2 Å². The van der Waals surface area contributed by atoms with Crippen molar-refractivity contribution in [2.24, 2.45) is 0 Å². The number of pyridine rings is 8. The van der Waals surface area contributed by atoms with E-state index < -0.39 is 32.7 Å². The maximum absolute atomic E-state index is 9.90. The highest BCUT2D eigenvalue weighted by Crippen LogP contribution is 2.48. The first-order valence-corrected chi connectivity index (χ1v) is 48.7. The highest BCUT2D eigenvalue weighted by molar-refractivity contribution is 7.81. The summed E-state index contributed by atoms with van der Waals surface area (Å²) in [6, 6.07) is 87.3. The fourth-order valence-corrected chi connectivity index (χ4v) is 19.5. The number of rotatable bonds is 20. The van der Waals surface area contributed by atoms with Gasteiger partial charge >= 0.3 is 11.9 Å². The first kappa shape index (κ1) is 107. The van der Waals surface area contributed by atoms with Crippen LogP contribution in [0.4, 0.5) is 0 Å². The second-order valence-electron chi connectivity index (χ2n) is 34.8. The molecule has 1 aliphatic carbocycles. The molecular formula is C116H109ClN4O23S2. The van der Waals surface area contributed by atoms with E-state index in [-0.39, 0.29) is 72.7 Å². The van der Waals surface area contributed by atoms with Crippen molar-refractivity contribution in [2.45, 2.75) is 106 Å². The van der Waals surface area contributed by atoms with Crippen LogP contribution in [0.1, 0.15) is 99.8 Å². The number of hydrogen-bond acceptors (Lipinski definition) is 23. The Kier molecular flexibility index (Phi) is 33.6. The van der Waals surface area contributed by atoms with Crippen molar-refractivity contribution in [3.63, 3.8) is 0 Å². The van der Waals surface area contributed by atoms with E-state index >= 15 is 0 Å². The van der Waals surface area contributed by atoms with Crippen LogP contribution in [0.3, 0.4) is 0 Å². The van der Waals surface area contributed by atoms with Gasteiger partial charge < -0.3 is 102 Å². The van der Waals surface area contributed by atoms with Crippen LogP contribution in [0.5, 0.6) is 28.7 Å². The molecule has 1 aliphatic rings. The molecule has 0 bridgehead atoms. The van der Waals surface area contributed by atoms with Gasteiger partial charge in [-0.3, -0.25) is 9.59 Å². The average Bonchev–Trinajstić information content (AvgIpc) is 1.85. The van der Waals surface area contributed by atoms with Gasteiger partial charge in [-0.05, 0) is 225 Å². The lowest BCUT2D eigenvalue weighted by atomic mass is 9.95. The number of aryl methyl sites for hydroxylation is 3. The largest absolute Gasteiger partial charge is 1.00 e. The lowest BCUT2D eigenvalue weighted by molar-refractivity contribution is -0.517. The highest BCUT2D eigenvalue weighted by atomic mass is 35.5. The van der Waals surface area contributed by atoms with E-state index in [1.807, 2.05) is 116 Å². The Labute approximate surface area is 849 Å². The van der Waals surface area contributed by atoms with Gasteiger partial charge in [-0.2, -0.15) is 17.6 Å². The van der Waals surface area contributed by atoms with Crippen LogP contribution in [0.15, 0.2) is 286 Å². The molecule has 0 unspecified atom stereocenters. The summed E-state index contributed by atoms with van der Waals surface area (Å²) in [5.74, 6) is 2.39. The minimum Gasteiger partial charge on any atom is -1.00 e. The SMILES string of the molecule is CC(=O)OS(=O)(=O)[O-].CC(=O)OS(=O)(=O)[O-].COc1c(-c2ccc(-c3ccccc3)cc2)cc2c(cc[n+]3c(C)c4cc(CO)c(CO)cc4cc23)c1OC.COc1cc2cc[n+]3c(C)c4cc(CO)c(CO)cc4cc3c2cc1-c1ccccc1.COc1cc2cc[n+]3c(C)c4cc(CO)c(CO)cc4cc3c2cc1C1CC1.COc1cc2cc[n+]3cc4cc(CO)c(CO)cc4cc3c2cc1-c1ccccc1.[CH3-].[Cl-]. The monoisotopic (exact) mass is 2020 g/mol. The smallest absolute Gasteiger partial charge is 0.318 e. The Morgan fingerprint density at radius 2 is 0.630 bits per heavy atom. The van der Waals surface area contributed by atoms with Crippen LogP contribution in [0, 0.1) is 28.2 Å². The number of carbonyl (C=O) groups is 2. The van der Waals surface area contributed by atoms with Crippen LogP contribution in [0.25, 0.3) is 153 Å². The molecule has 12 aromatic carbocycles. The zero-order valence-electron chi connectivity index (χ0n) is 82.0. The van der Waals surface area contributed by atoms with Crippen molar-refractivity contribution in [1.82, 2.24) is 0 Å². The van der Waals surface area contributed by atoms with E-state index in [1.165, 1.54) is 29.4 Å². The standard InChI is InChI=1S/C34H30NO4.C27H24NO3.C26H22NO3.C24H24NO3.2C2H4O5S.CH3.ClH/c1-21-29-16-27(20-37)26(19-36)15-25(29)17-32-31-18-30(34(39-3)33(38-2)28(31)13-14-35(21)32)24-11-9-23(10-12-24)22-7-5-4-6-8-22;1-17-23-11-22(16-30)21(15-29)10-20(23)12-26-24-14-25(18-6-4-3-5-7-18)27(31-2)13-19(24)8-9-28(17)26;1-30-26-12-18-7-8-27-14-20-10-22(16-29)21(15-28)9-19(20)11-25(27)23(18)13-24(26)17-5-3-2-4-6-17;1-14-20-8-19(13-27)18(12-26)7-17(20)9-23-21-11-22(15-3-4-15)24(28-2)10-16(21)5-6-25(14)23;2*1-2(3)7-8(4,5)6;;/h4-18,36-37H,19-20H2,1-3H3;3-14,29-30H,15-16H2,1-2H3;2-14,28-29H,15-16H2,1H3;5-11,15,26-27H,3-4,12-13H2,1-2H3;2*1H3,(H,4,5,6);1H3;1H/q4*+1;;;-1;/p-3. The molecule has 0 saturated heterocycles. The van der Waals surface area contributed by atoms with Crippen molar-refractivity contribution in [1.29, 1.82) is 0 Å². The van der Waals surface area contributed by atoms with E-state index in [4.69, 9.17) is 23.7 Å². The second kappa shape index (κ2) is 45.9. The topological polar surface area (TPSA) is 391 Å². The Morgan fingerprint density at radius 3 is 1.00 bits per heavy atom. The zero-order chi connectivity index (χ0) is 102. The van der Waals surface area contributed by atoms with Gasteiger partial charge in [0.2, 0.25) is 22.1 Å². The zero-order valence-corrected chi connectivity index (χ0v) is 84.4. The van der Waals surface area contributed by atoms with Gasteiger partial charge in [0.15, 0.2) is 59.6 Å². The summed E-state index contributed by atoms with van der Waals surface area (Å²) in [6.45, 7) is 7.16. The quantitative estimate of drug-likeness (QED) is 0.00877. The van der Waals surface area contributed by atoms with Crippen molar-refractivity contribution in [3.05, 3.63) is 360 Å². The lowest BCUT2D eigenvalue weighted by Crippen LogP contribution is -3.00. The Balaban J connectivity index is 0.000000146. The summed E-state index contributed by atoms with van der Waals surface area (Å²) in [6.07, 6.45) is 12.8. The Hall–Kier alpha value is -15.0. The van der Waals surface area contributed by atoms with Crippen LogP contribution < -0.4 is 53.7 Å². The molecule has 0 amide bonds. The van der Waals surface area contributed by atoms with E-state index in [2.05, 4.69) is 217 Å². The number of ether oxygens (including phenoxy) is 5. The van der Waals surface area contributed by atoms with Gasteiger partial charge in [-0.25, -0.2) is 16.8 Å². The molecule has 8 N–H and O–H groups in total. The molecule has 0 radical (unpaired) electrons. The molecule has 8 heterocycles. The molecule has 21 rings (SSSR count). The molecule has 0 spiro atoms. The molecular weight excluding hydrogens is 1920 g/mol. The molecule has 0 atom stereocenters. The normalized spacial score (nSPS) is 11.8. The first-order valence-electron chi connectivity index (χ1n) is 46.1. The number of aromatic nitrogens is 4. The van der Waals surface area contributed by atoms with Gasteiger partial charge in [-0.15, -0.1) is 0 Å². The minimum atomic E-state index is -4.82. The molecule has 1 saturated carbocycles. The number of aliphatic hydroxyl groups is 8. The summed E-state index contributed by atoms with van der Waals surface area (Å²) in [4.78, 5) is 19.3. The van der Waals surface area contributed by atoms with E-state index in [1.54, 1.807) is 35.5 Å². The summed E-state index contributed by atoms with van der Waals surface area (Å²) < 4.78 is 101. The predicted octanol–water partition coefficient (Wildman–Crippen LogP) is 14.9. The third-order valence-corrected chi connectivity index (χ3v) is 27.0. The van der Waals surface area contributed by atoms with Crippen molar-refractivity contribution in [2.75, 3.05) is 35.5 Å². The van der Waals surface area contributed by atoms with Crippen LogP contribution >= 0.6 is 0 Å². The highest BCUT2D eigenvalue weighted by Gasteiger charge is 2.31. The molecule has 8 aromatic heterocycles. The average molecular weight is 2030 g/mol. The maximum Gasteiger partial charge on any atom is 0.318 e. The summed E-state index contributed by atoms with van der Waals surface area (Å²) >= 11 is 0. The molecule has 750 valence electrons. The maximum atomic E-state index is 9.90. The number of methoxy groups -OCH3 is 5. The first-order chi connectivity index (χ1) is 69.4. The van der Waals surface area contributed by atoms with Crippen LogP contribution in [0.2, 0.25) is 0 Å². The Morgan fingerprint density at radius 1 is 0.315 bits per heavy atom. The number of nitrogens with zero attached hydrogens (tertiary/aromatic N) is 4. The Bertz CT molecular complexity index is 8600. The summed E-state index contributed by atoms with van der Waals surface area (Å²) in [7, 11) is -1.15. The van der Waals surface area contributed by atoms with Crippen molar-refractivity contribution >= 4 is 141 Å². The minimum absolute atomic E-state index is 0. The molecule has 20 aromatic rings. The van der Waals surface area contributed by atoms with Gasteiger partial charge in [0, 0.05) is 127 Å². The number of halogens is 1. The van der Waals surface area contributed by atoms with E-state index in [0.29, 0.717) is 17.4 Å². The molecule has 146 heavy (non-hydrogen) atoms. The number of fused-ring (bicyclic) bond motifs is 16. The summed E-state index contributed by atoms with van der Waals surface area (Å²) in [5.41, 5.74) is 23.5. The fraction of sp³-hybridized carbons (Fsp3) is 0.181. The lowest BCUT2D eigenvalue weighted by Gasteiger charge is -2.16. The second-order valence-corrected chi connectivity index (χ2v) is 36.7. The van der Waals surface area contributed by atoms with E-state index in [9.17, 15) is 76.4 Å². The van der Waals surface area contributed by atoms with Crippen LogP contribution in [-0.4, -0.2) is 114 Å². The number of carbonyl (C=O) groups excluding carboxylic acids is 2. The fourth-order valence-electron chi connectivity index (χ4n) is 19.0. The van der Waals surface area contributed by atoms with Crippen molar-refractivity contribution in [3.8, 4) is 73.3 Å². The van der Waals surface area contributed by atoms with E-state index in [0.717, 1.165) is 234 Å². The number of hydrogen-bond donors (Lipinski definition) is 8. The third-order valence-electron chi connectivity index (χ3n) is 26.1. The molecule has 27 nitrogen and oxygen atoms in total. The molecule has 1 fully saturated rings. The van der Waals surface area contributed by atoms with Gasteiger partial charge in [0.05, 0.1) is 110 Å². The molecule has 0 aliphatic heterocycles. The van der Waals surface area contributed by atoms with Crippen LogP contribution in [-0.2, 0) is 91.6 Å². The van der Waals surface area contributed by atoms with Gasteiger partial charge in [-0.1, -0.05) is 115 Å². The summed E-state index contributed by atoms with van der Waals surface area (Å²) in [5, 5.41) is 95.0. The van der Waals surface area contributed by atoms with Crippen molar-refractivity contribution < 1.29 is 138 Å². The number of aliphatic hydroxyl groups excluding tert-OH is 8. The predicted molar refractivity (Wildman–Crippen MR) is 556 cm³/mol. The number of benzene rings is 12. The molecule has 30 heteroatoms. The van der Waals surface area contributed by atoms with Gasteiger partial charge in [0.25, 0.3) is 20.8 Å². The third kappa shape index (κ3) is 22.6.